The molecule has 0 spiro atoms. The molecular weight excluding hydrogens is 343 g/mol. The minimum absolute atomic E-state index is 0.103. The van der Waals surface area contributed by atoms with Crippen molar-refractivity contribution >= 4 is 11.9 Å². The van der Waals surface area contributed by atoms with Crippen LogP contribution in [0.15, 0.2) is 36.5 Å². The molecule has 134 valence electrons. The summed E-state index contributed by atoms with van der Waals surface area (Å²) in [5.74, 6) is -2.82. The lowest BCUT2D eigenvalue weighted by Crippen LogP contribution is -2.46. The number of hydrogen-bond acceptors (Lipinski definition) is 4. The van der Waals surface area contributed by atoms with Gasteiger partial charge in [0.1, 0.15) is 0 Å². The highest BCUT2D eigenvalue weighted by molar-refractivity contribution is 5.96. The zero-order valence-corrected chi connectivity index (χ0v) is 12.9. The summed E-state index contributed by atoms with van der Waals surface area (Å²) in [4.78, 5) is 22.8. The first-order valence-electron chi connectivity index (χ1n) is 6.98. The number of aromatic nitrogens is 2. The van der Waals surface area contributed by atoms with Crippen LogP contribution in [0.1, 0.15) is 23.0 Å². The molecule has 2 aromatic rings. The van der Waals surface area contributed by atoms with Gasteiger partial charge in [-0.3, -0.25) is 4.79 Å². The van der Waals surface area contributed by atoms with Gasteiger partial charge in [-0.15, -0.1) is 0 Å². The molecule has 3 N–H and O–H groups in total. The highest BCUT2D eigenvalue weighted by Gasteiger charge is 2.41. The van der Waals surface area contributed by atoms with Crippen molar-refractivity contribution in [2.24, 2.45) is 0 Å². The van der Waals surface area contributed by atoms with E-state index in [0.717, 1.165) is 13.1 Å². The summed E-state index contributed by atoms with van der Waals surface area (Å²) < 4.78 is 40.8. The Kier molecular flexibility index (Phi) is 4.84. The lowest BCUT2D eigenvalue weighted by atomic mass is 10.1. The highest BCUT2D eigenvalue weighted by Crippen LogP contribution is 2.33. The molecule has 0 fully saturated rings. The second kappa shape index (κ2) is 6.55. The second-order valence-electron chi connectivity index (χ2n) is 5.41. The van der Waals surface area contributed by atoms with Crippen molar-refractivity contribution in [3.8, 4) is 5.69 Å². The van der Waals surface area contributed by atoms with Crippen molar-refractivity contribution < 1.29 is 33.0 Å². The average Bonchev–Trinajstić information content (AvgIpc) is 2.98. The maximum absolute atomic E-state index is 13.4. The summed E-state index contributed by atoms with van der Waals surface area (Å²) in [5.41, 5.74) is -4.29. The van der Waals surface area contributed by atoms with E-state index in [1.54, 1.807) is 6.07 Å². The van der Waals surface area contributed by atoms with Crippen molar-refractivity contribution in [2.75, 3.05) is 6.54 Å². The summed E-state index contributed by atoms with van der Waals surface area (Å²) in [6.45, 7) is 0.142. The summed E-state index contributed by atoms with van der Waals surface area (Å²) in [5, 5.41) is 23.9. The molecule has 0 aliphatic carbocycles. The maximum atomic E-state index is 13.4. The number of alkyl halides is 3. The fraction of sp³-hybridized carbons (Fsp3) is 0.267. The number of carbonyl (C=O) groups excluding carboxylic acids is 1. The van der Waals surface area contributed by atoms with E-state index in [-0.39, 0.29) is 5.69 Å². The van der Waals surface area contributed by atoms with Crippen LogP contribution in [0.4, 0.5) is 13.2 Å². The van der Waals surface area contributed by atoms with Crippen LogP contribution in [0.5, 0.6) is 0 Å². The number of benzene rings is 1. The zero-order valence-electron chi connectivity index (χ0n) is 12.9. The third-order valence-corrected chi connectivity index (χ3v) is 3.34. The fourth-order valence-electron chi connectivity index (χ4n) is 1.98. The number of hydrogen-bond donors (Lipinski definition) is 3. The molecule has 0 saturated carbocycles. The minimum atomic E-state index is -4.88. The van der Waals surface area contributed by atoms with Gasteiger partial charge in [0.05, 0.1) is 24.0 Å². The van der Waals surface area contributed by atoms with Gasteiger partial charge in [0.25, 0.3) is 5.91 Å². The molecule has 1 aromatic heterocycles. The molecule has 0 radical (unpaired) electrons. The third-order valence-electron chi connectivity index (χ3n) is 3.34. The van der Waals surface area contributed by atoms with Crippen LogP contribution >= 0.6 is 0 Å². The SMILES string of the molecule is CC(O)(CNC(=O)c1cnn(-c2ccccc2)c1C(F)(F)F)C(=O)O. The topological polar surface area (TPSA) is 104 Å². The number of carboxylic acids is 1. The monoisotopic (exact) mass is 357 g/mol. The van der Waals surface area contributed by atoms with Crippen LogP contribution in [0.3, 0.4) is 0 Å². The van der Waals surface area contributed by atoms with E-state index in [9.17, 15) is 27.9 Å². The van der Waals surface area contributed by atoms with Gasteiger partial charge in [0, 0.05) is 0 Å². The summed E-state index contributed by atoms with van der Waals surface area (Å²) in [7, 11) is 0. The van der Waals surface area contributed by atoms with Gasteiger partial charge in [-0.25, -0.2) is 9.48 Å². The Morgan fingerprint density at radius 1 is 1.24 bits per heavy atom. The van der Waals surface area contributed by atoms with Gasteiger partial charge in [-0.1, -0.05) is 18.2 Å². The quantitative estimate of drug-likeness (QED) is 0.751. The summed E-state index contributed by atoms with van der Waals surface area (Å²) in [6.07, 6.45) is -4.14. The second-order valence-corrected chi connectivity index (χ2v) is 5.41. The predicted molar refractivity (Wildman–Crippen MR) is 79.2 cm³/mol. The smallest absolute Gasteiger partial charge is 0.434 e. The largest absolute Gasteiger partial charge is 0.479 e. The van der Waals surface area contributed by atoms with Crippen LogP contribution in [-0.4, -0.2) is 44.0 Å². The average molecular weight is 357 g/mol. The Hall–Kier alpha value is -2.88. The lowest BCUT2D eigenvalue weighted by molar-refractivity contribution is -0.155. The van der Waals surface area contributed by atoms with Crippen LogP contribution in [0.2, 0.25) is 0 Å². The third kappa shape index (κ3) is 3.97. The molecule has 0 aliphatic heterocycles. The number of carbonyl (C=O) groups is 2. The minimum Gasteiger partial charge on any atom is -0.479 e. The Balaban J connectivity index is 2.37. The molecule has 25 heavy (non-hydrogen) atoms. The molecule has 1 unspecified atom stereocenters. The molecule has 1 heterocycles. The Morgan fingerprint density at radius 3 is 2.36 bits per heavy atom. The van der Waals surface area contributed by atoms with Gasteiger partial charge < -0.3 is 15.5 Å². The van der Waals surface area contributed by atoms with Crippen LogP contribution in [0.25, 0.3) is 5.69 Å². The first-order valence-corrected chi connectivity index (χ1v) is 6.98. The van der Waals surface area contributed by atoms with Gasteiger partial charge in [0.15, 0.2) is 11.3 Å². The molecular formula is C15H14F3N3O4. The van der Waals surface area contributed by atoms with Gasteiger partial charge in [-0.05, 0) is 19.1 Å². The molecule has 1 aromatic carbocycles. The van der Waals surface area contributed by atoms with E-state index >= 15 is 0 Å². The number of rotatable bonds is 5. The van der Waals surface area contributed by atoms with E-state index in [4.69, 9.17) is 5.11 Å². The molecule has 2 rings (SSSR count). The van der Waals surface area contributed by atoms with Crippen LogP contribution in [0, 0.1) is 0 Å². The predicted octanol–water partition coefficient (Wildman–Crippen LogP) is 1.46. The number of nitrogens with zero attached hydrogens (tertiary/aromatic N) is 2. The Labute approximate surface area is 139 Å². The van der Waals surface area contributed by atoms with E-state index in [1.165, 1.54) is 24.3 Å². The number of halogens is 3. The van der Waals surface area contributed by atoms with E-state index in [0.29, 0.717) is 4.68 Å². The highest BCUT2D eigenvalue weighted by atomic mass is 19.4. The normalized spacial score (nSPS) is 14.0. The number of carboxylic acid groups (broad SMARTS) is 1. The standard InChI is InChI=1S/C15H14F3N3O4/c1-14(25,13(23)24)8-19-12(22)10-7-20-21(11(10)15(16,17)18)9-5-3-2-4-6-9/h2-7,25H,8H2,1H3,(H,19,22)(H,23,24). The number of para-hydroxylation sites is 1. The number of aliphatic hydroxyl groups is 1. The first-order chi connectivity index (χ1) is 11.5. The molecule has 7 nitrogen and oxygen atoms in total. The van der Waals surface area contributed by atoms with E-state index in [1.807, 2.05) is 5.32 Å². The van der Waals surface area contributed by atoms with Crippen molar-refractivity contribution in [1.82, 2.24) is 15.1 Å². The molecule has 10 heteroatoms. The summed E-state index contributed by atoms with van der Waals surface area (Å²) >= 11 is 0. The van der Waals surface area contributed by atoms with Crippen molar-refractivity contribution in [3.63, 3.8) is 0 Å². The molecule has 0 aliphatic rings. The maximum Gasteiger partial charge on any atom is 0.434 e. The molecule has 0 bridgehead atoms. The first kappa shape index (κ1) is 18.5. The molecule has 1 atom stereocenters. The van der Waals surface area contributed by atoms with Crippen LogP contribution in [-0.2, 0) is 11.0 Å². The Bertz CT molecular complexity index is 785. The Morgan fingerprint density at radius 2 is 1.84 bits per heavy atom. The van der Waals surface area contributed by atoms with Crippen molar-refractivity contribution in [2.45, 2.75) is 18.7 Å². The van der Waals surface area contributed by atoms with E-state index in [2.05, 4.69) is 5.10 Å². The zero-order chi connectivity index (χ0) is 18.8. The van der Waals surface area contributed by atoms with Gasteiger partial charge in [0.2, 0.25) is 0 Å². The van der Waals surface area contributed by atoms with Gasteiger partial charge in [-0.2, -0.15) is 18.3 Å². The number of nitrogens with one attached hydrogen (secondary N) is 1. The van der Waals surface area contributed by atoms with E-state index < -0.39 is 41.5 Å². The fourth-order valence-corrected chi connectivity index (χ4v) is 1.98. The summed E-state index contributed by atoms with van der Waals surface area (Å²) in [6, 6.07) is 7.42. The number of aliphatic carboxylic acids is 1. The number of amides is 1. The molecule has 0 saturated heterocycles. The lowest BCUT2D eigenvalue weighted by Gasteiger charge is -2.18. The molecule has 1 amide bonds. The van der Waals surface area contributed by atoms with Crippen LogP contribution < -0.4 is 5.32 Å². The van der Waals surface area contributed by atoms with Crippen molar-refractivity contribution in [3.05, 3.63) is 47.8 Å². The van der Waals surface area contributed by atoms with Crippen molar-refractivity contribution in [1.29, 1.82) is 0 Å². The van der Waals surface area contributed by atoms with Gasteiger partial charge >= 0.3 is 12.1 Å².